The van der Waals surface area contributed by atoms with E-state index in [0.717, 1.165) is 44.1 Å². The second-order valence-electron chi connectivity index (χ2n) is 6.37. The first-order valence-corrected chi connectivity index (χ1v) is 8.70. The van der Waals surface area contributed by atoms with Crippen molar-refractivity contribution in [2.24, 2.45) is 5.73 Å². The van der Waals surface area contributed by atoms with E-state index in [0.29, 0.717) is 6.42 Å². The molecule has 5 nitrogen and oxygen atoms in total. The number of benzene rings is 2. The third-order valence-corrected chi connectivity index (χ3v) is 4.37. The van der Waals surface area contributed by atoms with Gasteiger partial charge < -0.3 is 15.8 Å². The molecule has 0 bridgehead atoms. The predicted octanol–water partition coefficient (Wildman–Crippen LogP) is 2.87. The zero-order valence-electron chi connectivity index (χ0n) is 15.2. The van der Waals surface area contributed by atoms with Crippen molar-refractivity contribution in [1.82, 2.24) is 4.90 Å². The molecular formula is C20H27Cl2N3O2. The number of hydrogen-bond acceptors (Lipinski definition) is 4. The van der Waals surface area contributed by atoms with Crippen LogP contribution in [0.15, 0.2) is 54.6 Å². The van der Waals surface area contributed by atoms with Gasteiger partial charge in [0.1, 0.15) is 0 Å². The summed E-state index contributed by atoms with van der Waals surface area (Å²) in [5.74, 6) is -0.162. The number of anilines is 1. The number of halogens is 2. The molecule has 1 amide bonds. The second-order valence-corrected chi connectivity index (χ2v) is 6.37. The van der Waals surface area contributed by atoms with Crippen molar-refractivity contribution >= 4 is 36.4 Å². The van der Waals surface area contributed by atoms with Crippen molar-refractivity contribution in [2.75, 3.05) is 31.6 Å². The smallest absolute Gasteiger partial charge is 0.241 e. The zero-order chi connectivity index (χ0) is 17.5. The molecule has 0 radical (unpaired) electrons. The van der Waals surface area contributed by atoms with Crippen LogP contribution in [0.1, 0.15) is 11.1 Å². The van der Waals surface area contributed by atoms with Crippen molar-refractivity contribution in [2.45, 2.75) is 19.0 Å². The van der Waals surface area contributed by atoms with Crippen LogP contribution in [-0.2, 0) is 22.5 Å². The van der Waals surface area contributed by atoms with Crippen LogP contribution in [0.4, 0.5) is 5.69 Å². The van der Waals surface area contributed by atoms with Gasteiger partial charge in [-0.1, -0.05) is 42.5 Å². The number of carbonyl (C=O) groups excluding carboxylic acids is 1. The minimum atomic E-state index is -0.560. The number of nitrogens with two attached hydrogens (primary N) is 1. The molecular weight excluding hydrogens is 385 g/mol. The molecule has 1 atom stereocenters. The van der Waals surface area contributed by atoms with E-state index in [1.807, 2.05) is 54.6 Å². The Morgan fingerprint density at radius 3 is 2.26 bits per heavy atom. The van der Waals surface area contributed by atoms with Crippen LogP contribution in [-0.4, -0.2) is 43.2 Å². The molecule has 1 unspecified atom stereocenters. The highest BCUT2D eigenvalue weighted by atomic mass is 35.5. The van der Waals surface area contributed by atoms with E-state index in [4.69, 9.17) is 10.5 Å². The third kappa shape index (κ3) is 7.48. The first kappa shape index (κ1) is 23.4. The molecule has 7 heteroatoms. The minimum absolute atomic E-state index is 0. The van der Waals surface area contributed by atoms with E-state index in [-0.39, 0.29) is 30.7 Å². The molecule has 148 valence electrons. The summed E-state index contributed by atoms with van der Waals surface area (Å²) in [4.78, 5) is 14.6. The number of hydrogen-bond donors (Lipinski definition) is 2. The lowest BCUT2D eigenvalue weighted by molar-refractivity contribution is -0.117. The van der Waals surface area contributed by atoms with Gasteiger partial charge >= 0.3 is 0 Å². The topological polar surface area (TPSA) is 67.6 Å². The van der Waals surface area contributed by atoms with Gasteiger partial charge in [0.2, 0.25) is 5.91 Å². The average molecular weight is 412 g/mol. The Hall–Kier alpha value is -1.63. The number of ether oxygens (including phenoxy) is 1. The number of rotatable bonds is 6. The predicted molar refractivity (Wildman–Crippen MR) is 114 cm³/mol. The van der Waals surface area contributed by atoms with Gasteiger partial charge in [0.25, 0.3) is 0 Å². The summed E-state index contributed by atoms with van der Waals surface area (Å²) < 4.78 is 5.36. The van der Waals surface area contributed by atoms with Crippen molar-refractivity contribution in [3.8, 4) is 0 Å². The molecule has 0 aromatic heterocycles. The molecule has 1 fully saturated rings. The summed E-state index contributed by atoms with van der Waals surface area (Å²) in [6.45, 7) is 4.44. The lowest BCUT2D eigenvalue weighted by Gasteiger charge is -2.26. The monoisotopic (exact) mass is 411 g/mol. The fraction of sp³-hybridized carbons (Fsp3) is 0.350. The van der Waals surface area contributed by atoms with Crippen molar-refractivity contribution in [3.05, 3.63) is 65.7 Å². The highest BCUT2D eigenvalue weighted by Gasteiger charge is 2.14. The van der Waals surface area contributed by atoms with Gasteiger partial charge in [-0.3, -0.25) is 9.69 Å². The number of nitrogens with zero attached hydrogens (tertiary/aromatic N) is 1. The third-order valence-electron chi connectivity index (χ3n) is 4.37. The van der Waals surface area contributed by atoms with Gasteiger partial charge in [-0.05, 0) is 29.7 Å². The van der Waals surface area contributed by atoms with Crippen LogP contribution in [0.3, 0.4) is 0 Å². The Bertz CT molecular complexity index is 677. The Balaban J connectivity index is 0.00000182. The summed E-state index contributed by atoms with van der Waals surface area (Å²) >= 11 is 0. The van der Waals surface area contributed by atoms with E-state index >= 15 is 0 Å². The van der Waals surface area contributed by atoms with E-state index < -0.39 is 6.04 Å². The van der Waals surface area contributed by atoms with Gasteiger partial charge in [0.05, 0.1) is 19.3 Å². The maximum Gasteiger partial charge on any atom is 0.241 e. The van der Waals surface area contributed by atoms with Crippen LogP contribution in [0.5, 0.6) is 0 Å². The maximum absolute atomic E-state index is 12.3. The molecule has 3 N–H and O–H groups in total. The van der Waals surface area contributed by atoms with E-state index in [2.05, 4.69) is 10.2 Å². The van der Waals surface area contributed by atoms with E-state index in [1.54, 1.807) is 0 Å². The van der Waals surface area contributed by atoms with Gasteiger partial charge in [-0.25, -0.2) is 0 Å². The molecule has 0 saturated carbocycles. The highest BCUT2D eigenvalue weighted by molar-refractivity contribution is 5.94. The normalized spacial score (nSPS) is 15.1. The number of nitrogens with one attached hydrogen (secondary N) is 1. The molecule has 0 aliphatic carbocycles. The van der Waals surface area contributed by atoms with Gasteiger partial charge in [-0.15, -0.1) is 24.8 Å². The summed E-state index contributed by atoms with van der Waals surface area (Å²) in [6.07, 6.45) is 0.530. The van der Waals surface area contributed by atoms with Crippen LogP contribution >= 0.6 is 24.8 Å². The summed E-state index contributed by atoms with van der Waals surface area (Å²) in [7, 11) is 0. The van der Waals surface area contributed by atoms with E-state index in [1.165, 1.54) is 5.56 Å². The Morgan fingerprint density at radius 2 is 1.63 bits per heavy atom. The van der Waals surface area contributed by atoms with Crippen molar-refractivity contribution in [1.29, 1.82) is 0 Å². The largest absolute Gasteiger partial charge is 0.379 e. The Morgan fingerprint density at radius 1 is 1.00 bits per heavy atom. The molecule has 3 rings (SSSR count). The standard InChI is InChI=1S/C20H25N3O2.2ClH/c21-19(14-16-4-2-1-3-5-16)20(24)22-18-8-6-17(7-9-18)15-23-10-12-25-13-11-23;;/h1-9,19H,10-15,21H2,(H,22,24);2*1H. The number of amides is 1. The summed E-state index contributed by atoms with van der Waals surface area (Å²) in [5, 5.41) is 2.90. The zero-order valence-corrected chi connectivity index (χ0v) is 16.8. The quantitative estimate of drug-likeness (QED) is 0.766. The molecule has 27 heavy (non-hydrogen) atoms. The molecule has 1 aliphatic heterocycles. The SMILES string of the molecule is Cl.Cl.NC(Cc1ccccc1)C(=O)Nc1ccc(CN2CCOCC2)cc1. The van der Waals surface area contributed by atoms with Crippen molar-refractivity contribution in [3.63, 3.8) is 0 Å². The molecule has 2 aromatic carbocycles. The fourth-order valence-corrected chi connectivity index (χ4v) is 2.91. The minimum Gasteiger partial charge on any atom is -0.379 e. The first-order valence-electron chi connectivity index (χ1n) is 8.70. The van der Waals surface area contributed by atoms with Crippen LogP contribution in [0, 0.1) is 0 Å². The molecule has 0 spiro atoms. The molecule has 1 saturated heterocycles. The van der Waals surface area contributed by atoms with Gasteiger partial charge in [-0.2, -0.15) is 0 Å². The van der Waals surface area contributed by atoms with Gasteiger partial charge in [0, 0.05) is 25.3 Å². The van der Waals surface area contributed by atoms with Crippen LogP contribution < -0.4 is 11.1 Å². The lowest BCUT2D eigenvalue weighted by atomic mass is 10.1. The van der Waals surface area contributed by atoms with Gasteiger partial charge in [0.15, 0.2) is 0 Å². The highest BCUT2D eigenvalue weighted by Crippen LogP contribution is 2.13. The summed E-state index contributed by atoms with van der Waals surface area (Å²) in [5.41, 5.74) is 9.09. The number of morpholine rings is 1. The lowest BCUT2D eigenvalue weighted by Crippen LogP contribution is -2.37. The maximum atomic E-state index is 12.3. The molecule has 1 heterocycles. The van der Waals surface area contributed by atoms with Crippen molar-refractivity contribution < 1.29 is 9.53 Å². The van der Waals surface area contributed by atoms with E-state index in [9.17, 15) is 4.79 Å². The summed E-state index contributed by atoms with van der Waals surface area (Å²) in [6, 6.07) is 17.2. The van der Waals surface area contributed by atoms with Crippen LogP contribution in [0.25, 0.3) is 0 Å². The average Bonchev–Trinajstić information content (AvgIpc) is 2.65. The van der Waals surface area contributed by atoms with Crippen LogP contribution in [0.2, 0.25) is 0 Å². The Labute approximate surface area is 173 Å². The first-order chi connectivity index (χ1) is 12.2. The Kier molecular flexibility index (Phi) is 10.4. The molecule has 2 aromatic rings. The molecule has 1 aliphatic rings. The number of carbonyl (C=O) groups is 1. The fourth-order valence-electron chi connectivity index (χ4n) is 2.91. The second kappa shape index (κ2) is 12.0.